The van der Waals surface area contributed by atoms with Crippen molar-refractivity contribution in [2.75, 3.05) is 13.1 Å². The molecule has 25 heavy (non-hydrogen) atoms. The molecule has 0 spiro atoms. The van der Waals surface area contributed by atoms with E-state index in [2.05, 4.69) is 97.6 Å². The lowest BCUT2D eigenvalue weighted by molar-refractivity contribution is 0.111. The summed E-state index contributed by atoms with van der Waals surface area (Å²) in [6.45, 7) is 6.66. The molecule has 0 N–H and O–H groups in total. The van der Waals surface area contributed by atoms with Crippen LogP contribution in [-0.2, 0) is 0 Å². The highest BCUT2D eigenvalue weighted by atomic mass is 15.2. The third-order valence-corrected chi connectivity index (χ3v) is 5.37. The predicted molar refractivity (Wildman–Crippen MR) is 105 cm³/mol. The van der Waals surface area contributed by atoms with E-state index >= 15 is 0 Å². The lowest BCUT2D eigenvalue weighted by Crippen LogP contribution is -2.47. The summed E-state index contributed by atoms with van der Waals surface area (Å²) in [6, 6.07) is 29.0. The number of nitrogens with zero attached hydrogens (tertiary/aromatic N) is 1. The number of hydrogen-bond acceptors (Lipinski definition) is 1. The second-order valence-electron chi connectivity index (χ2n) is 7.23. The first-order valence-electron chi connectivity index (χ1n) is 9.13. The Hall–Kier alpha value is -2.38. The van der Waals surface area contributed by atoms with Crippen LogP contribution >= 0.6 is 0 Å². The summed E-state index contributed by atoms with van der Waals surface area (Å²) in [5, 5.41) is 0. The summed E-state index contributed by atoms with van der Waals surface area (Å²) in [7, 11) is 0. The van der Waals surface area contributed by atoms with Crippen LogP contribution in [0, 0.1) is 13.8 Å². The number of rotatable bonds is 4. The molecule has 1 aliphatic rings. The van der Waals surface area contributed by atoms with Crippen LogP contribution < -0.4 is 0 Å². The molecule has 0 unspecified atom stereocenters. The van der Waals surface area contributed by atoms with Crippen LogP contribution in [0.3, 0.4) is 0 Å². The maximum absolute atomic E-state index is 2.61. The molecule has 3 aromatic carbocycles. The van der Waals surface area contributed by atoms with Crippen molar-refractivity contribution < 1.29 is 0 Å². The molecule has 0 aliphatic carbocycles. The normalized spacial score (nSPS) is 15.3. The highest BCUT2D eigenvalue weighted by Gasteiger charge is 2.35. The third kappa shape index (κ3) is 3.25. The second kappa shape index (κ2) is 6.85. The Morgan fingerprint density at radius 2 is 1.32 bits per heavy atom. The van der Waals surface area contributed by atoms with Crippen molar-refractivity contribution in [2.45, 2.75) is 25.8 Å². The molecular formula is C24H25N. The van der Waals surface area contributed by atoms with E-state index in [-0.39, 0.29) is 0 Å². The quantitative estimate of drug-likeness (QED) is 0.612. The maximum Gasteiger partial charge on any atom is 0.0602 e. The maximum atomic E-state index is 2.61. The van der Waals surface area contributed by atoms with E-state index in [0.717, 1.165) is 13.1 Å². The van der Waals surface area contributed by atoms with Gasteiger partial charge in [0.05, 0.1) is 6.04 Å². The van der Waals surface area contributed by atoms with Crippen LogP contribution in [0.15, 0.2) is 78.9 Å². The van der Waals surface area contributed by atoms with Gasteiger partial charge in [-0.1, -0.05) is 84.4 Å². The molecule has 3 aromatic rings. The molecule has 1 saturated heterocycles. The minimum Gasteiger partial charge on any atom is -0.291 e. The van der Waals surface area contributed by atoms with Gasteiger partial charge >= 0.3 is 0 Å². The van der Waals surface area contributed by atoms with Gasteiger partial charge < -0.3 is 0 Å². The lowest BCUT2D eigenvalue weighted by Gasteiger charge is -2.45. The van der Waals surface area contributed by atoms with Crippen LogP contribution in [0.5, 0.6) is 0 Å². The van der Waals surface area contributed by atoms with E-state index in [9.17, 15) is 0 Å². The first-order valence-corrected chi connectivity index (χ1v) is 9.13. The van der Waals surface area contributed by atoms with Gasteiger partial charge in [-0.25, -0.2) is 0 Å². The molecular weight excluding hydrogens is 302 g/mol. The first-order chi connectivity index (χ1) is 12.2. The number of likely N-dealkylation sites (tertiary alicyclic amines) is 1. The van der Waals surface area contributed by atoms with Crippen LogP contribution in [0.25, 0.3) is 0 Å². The Kier molecular flexibility index (Phi) is 4.42. The first kappa shape index (κ1) is 16.1. The Morgan fingerprint density at radius 3 is 1.84 bits per heavy atom. The molecule has 1 heteroatoms. The van der Waals surface area contributed by atoms with E-state index in [1.165, 1.54) is 27.8 Å². The van der Waals surface area contributed by atoms with E-state index in [4.69, 9.17) is 0 Å². The van der Waals surface area contributed by atoms with Crippen molar-refractivity contribution in [3.63, 3.8) is 0 Å². The molecule has 0 bridgehead atoms. The molecule has 1 heterocycles. The Morgan fingerprint density at radius 1 is 0.760 bits per heavy atom. The van der Waals surface area contributed by atoms with Crippen LogP contribution in [0.1, 0.15) is 39.8 Å². The van der Waals surface area contributed by atoms with Gasteiger partial charge in [0, 0.05) is 19.0 Å². The largest absolute Gasteiger partial charge is 0.291 e. The van der Waals surface area contributed by atoms with Crippen LogP contribution in [0.2, 0.25) is 0 Å². The van der Waals surface area contributed by atoms with E-state index in [1.807, 2.05) is 0 Å². The van der Waals surface area contributed by atoms with Gasteiger partial charge in [-0.05, 0) is 36.1 Å². The summed E-state index contributed by atoms with van der Waals surface area (Å²) >= 11 is 0. The molecule has 126 valence electrons. The zero-order chi connectivity index (χ0) is 17.2. The summed E-state index contributed by atoms with van der Waals surface area (Å²) in [5.41, 5.74) is 7.06. The van der Waals surface area contributed by atoms with Gasteiger partial charge in [0.1, 0.15) is 0 Å². The van der Waals surface area contributed by atoms with Crippen molar-refractivity contribution in [3.8, 4) is 0 Å². The highest BCUT2D eigenvalue weighted by Crippen LogP contribution is 2.38. The summed E-state index contributed by atoms with van der Waals surface area (Å²) in [4.78, 5) is 2.61. The molecule has 0 amide bonds. The third-order valence-electron chi connectivity index (χ3n) is 5.37. The van der Waals surface area contributed by atoms with E-state index < -0.39 is 0 Å². The Bertz CT molecular complexity index is 793. The van der Waals surface area contributed by atoms with Gasteiger partial charge in [-0.3, -0.25) is 4.90 Å². The second-order valence-corrected chi connectivity index (χ2v) is 7.23. The molecule has 0 aromatic heterocycles. The number of benzene rings is 3. The highest BCUT2D eigenvalue weighted by molar-refractivity contribution is 5.37. The SMILES string of the molecule is Cc1ccc(C2CN(C(c3ccccc3)c3ccccc3)C2)c(C)c1. The van der Waals surface area contributed by atoms with Crippen molar-refractivity contribution >= 4 is 0 Å². The molecule has 4 rings (SSSR count). The smallest absolute Gasteiger partial charge is 0.0602 e. The number of hydrogen-bond donors (Lipinski definition) is 0. The predicted octanol–water partition coefficient (Wildman–Crippen LogP) is 5.49. The lowest BCUT2D eigenvalue weighted by atomic mass is 9.84. The Labute approximate surface area is 150 Å². The summed E-state index contributed by atoms with van der Waals surface area (Å²) in [6.07, 6.45) is 0. The fourth-order valence-corrected chi connectivity index (χ4v) is 4.09. The van der Waals surface area contributed by atoms with Gasteiger partial charge in [0.25, 0.3) is 0 Å². The summed E-state index contributed by atoms with van der Waals surface area (Å²) in [5.74, 6) is 0.649. The monoisotopic (exact) mass is 327 g/mol. The van der Waals surface area contributed by atoms with Gasteiger partial charge in [0.15, 0.2) is 0 Å². The zero-order valence-corrected chi connectivity index (χ0v) is 15.0. The van der Waals surface area contributed by atoms with Crippen molar-refractivity contribution in [3.05, 3.63) is 107 Å². The molecule has 1 nitrogen and oxygen atoms in total. The number of aryl methyl sites for hydroxylation is 2. The van der Waals surface area contributed by atoms with Crippen molar-refractivity contribution in [2.24, 2.45) is 0 Å². The van der Waals surface area contributed by atoms with E-state index in [1.54, 1.807) is 0 Å². The fraction of sp³-hybridized carbons (Fsp3) is 0.250. The zero-order valence-electron chi connectivity index (χ0n) is 15.0. The summed E-state index contributed by atoms with van der Waals surface area (Å²) < 4.78 is 0. The van der Waals surface area contributed by atoms with Crippen LogP contribution in [-0.4, -0.2) is 18.0 Å². The van der Waals surface area contributed by atoms with Gasteiger partial charge in [-0.15, -0.1) is 0 Å². The standard InChI is InChI=1S/C24H25N/c1-18-13-14-23(19(2)15-18)22-16-25(17-22)24(20-9-5-3-6-10-20)21-11-7-4-8-12-21/h3-15,22,24H,16-17H2,1-2H3. The van der Waals surface area contributed by atoms with Crippen molar-refractivity contribution in [1.29, 1.82) is 0 Å². The fourth-order valence-electron chi connectivity index (χ4n) is 4.09. The average molecular weight is 327 g/mol. The molecule has 0 atom stereocenters. The molecule has 1 aliphatic heterocycles. The van der Waals surface area contributed by atoms with Gasteiger partial charge in [-0.2, -0.15) is 0 Å². The molecule has 1 fully saturated rings. The topological polar surface area (TPSA) is 3.24 Å². The van der Waals surface area contributed by atoms with Crippen LogP contribution in [0.4, 0.5) is 0 Å². The molecule has 0 radical (unpaired) electrons. The van der Waals surface area contributed by atoms with Gasteiger partial charge in [0.2, 0.25) is 0 Å². The minimum atomic E-state index is 0.351. The molecule has 0 saturated carbocycles. The average Bonchev–Trinajstić information content (AvgIpc) is 2.60. The Balaban J connectivity index is 1.58. The van der Waals surface area contributed by atoms with E-state index in [0.29, 0.717) is 12.0 Å². The van der Waals surface area contributed by atoms with Crippen molar-refractivity contribution in [1.82, 2.24) is 4.90 Å². The minimum absolute atomic E-state index is 0.351.